The number of fused-ring (bicyclic) bond motifs is 3. The summed E-state index contributed by atoms with van der Waals surface area (Å²) in [5.74, 6) is 3.17. The van der Waals surface area contributed by atoms with E-state index in [9.17, 15) is 0 Å². The molecule has 2 atom stereocenters. The summed E-state index contributed by atoms with van der Waals surface area (Å²) < 4.78 is 17.2. The van der Waals surface area contributed by atoms with Gasteiger partial charge in [0.15, 0.2) is 0 Å². The average Bonchev–Trinajstić information content (AvgIpc) is 3.02. The van der Waals surface area contributed by atoms with E-state index in [0.29, 0.717) is 19.1 Å². The van der Waals surface area contributed by atoms with Crippen LogP contribution in [0.3, 0.4) is 0 Å². The van der Waals surface area contributed by atoms with Gasteiger partial charge in [-0.15, -0.1) is 0 Å². The van der Waals surface area contributed by atoms with Gasteiger partial charge in [-0.1, -0.05) is 18.2 Å². The van der Waals surface area contributed by atoms with Crippen LogP contribution < -0.4 is 19.5 Å². The summed E-state index contributed by atoms with van der Waals surface area (Å²) in [5.41, 5.74) is 2.44. The summed E-state index contributed by atoms with van der Waals surface area (Å²) in [6.07, 6.45) is 1.16. The van der Waals surface area contributed by atoms with Crippen LogP contribution in [0.15, 0.2) is 42.5 Å². The molecule has 24 heavy (non-hydrogen) atoms. The Labute approximate surface area is 142 Å². The van der Waals surface area contributed by atoms with Crippen LogP contribution in [0.2, 0.25) is 0 Å². The van der Waals surface area contributed by atoms with Gasteiger partial charge < -0.3 is 19.5 Å². The first-order valence-electron chi connectivity index (χ1n) is 8.45. The molecule has 0 unspecified atom stereocenters. The van der Waals surface area contributed by atoms with E-state index >= 15 is 0 Å². The Kier molecular flexibility index (Phi) is 3.85. The molecule has 0 spiro atoms. The molecule has 0 amide bonds. The van der Waals surface area contributed by atoms with Crippen LogP contribution in [-0.2, 0) is 6.61 Å². The van der Waals surface area contributed by atoms with Crippen molar-refractivity contribution in [3.63, 3.8) is 0 Å². The predicted octanol–water partition coefficient (Wildman–Crippen LogP) is 3.50. The second-order valence-corrected chi connectivity index (χ2v) is 6.81. The molecule has 0 aliphatic carbocycles. The van der Waals surface area contributed by atoms with Gasteiger partial charge in [-0.3, -0.25) is 0 Å². The van der Waals surface area contributed by atoms with Crippen molar-refractivity contribution in [3.8, 4) is 17.2 Å². The van der Waals surface area contributed by atoms with Crippen LogP contribution in [0.4, 0.5) is 0 Å². The molecule has 4 nitrogen and oxygen atoms in total. The van der Waals surface area contributed by atoms with E-state index < -0.39 is 0 Å². The zero-order chi connectivity index (χ0) is 16.6. The van der Waals surface area contributed by atoms with Crippen LogP contribution in [0.1, 0.15) is 30.4 Å². The van der Waals surface area contributed by atoms with E-state index in [2.05, 4.69) is 18.3 Å². The normalized spacial score (nSPS) is 24.7. The molecule has 2 aromatic carbocycles. The third kappa shape index (κ3) is 2.71. The van der Waals surface area contributed by atoms with Crippen molar-refractivity contribution in [2.45, 2.75) is 31.4 Å². The zero-order valence-electron chi connectivity index (χ0n) is 14.2. The van der Waals surface area contributed by atoms with Crippen molar-refractivity contribution in [3.05, 3.63) is 53.6 Å². The summed E-state index contributed by atoms with van der Waals surface area (Å²) in [6.45, 7) is 4.53. The van der Waals surface area contributed by atoms with Gasteiger partial charge in [0.1, 0.15) is 30.5 Å². The highest BCUT2D eigenvalue weighted by atomic mass is 16.5. The van der Waals surface area contributed by atoms with Crippen molar-refractivity contribution in [2.24, 2.45) is 0 Å². The molecule has 4 rings (SSSR count). The summed E-state index contributed by atoms with van der Waals surface area (Å²) in [4.78, 5) is 0. The second-order valence-electron chi connectivity index (χ2n) is 6.81. The van der Waals surface area contributed by atoms with Crippen molar-refractivity contribution in [1.82, 2.24) is 5.32 Å². The molecule has 1 fully saturated rings. The molecule has 2 aliphatic rings. The van der Waals surface area contributed by atoms with Gasteiger partial charge >= 0.3 is 0 Å². The molecule has 1 saturated heterocycles. The quantitative estimate of drug-likeness (QED) is 0.934. The number of benzene rings is 2. The zero-order valence-corrected chi connectivity index (χ0v) is 14.2. The van der Waals surface area contributed by atoms with Gasteiger partial charge in [-0.25, -0.2) is 0 Å². The monoisotopic (exact) mass is 325 g/mol. The van der Waals surface area contributed by atoms with E-state index in [0.717, 1.165) is 35.8 Å². The van der Waals surface area contributed by atoms with E-state index in [1.54, 1.807) is 7.11 Å². The highest BCUT2D eigenvalue weighted by Crippen LogP contribution is 2.45. The molecule has 0 saturated carbocycles. The molecule has 126 valence electrons. The Morgan fingerprint density at radius 2 is 2.12 bits per heavy atom. The summed E-state index contributed by atoms with van der Waals surface area (Å²) in [7, 11) is 1.67. The largest absolute Gasteiger partial charge is 0.497 e. The third-order valence-electron chi connectivity index (χ3n) is 5.16. The molecular weight excluding hydrogens is 302 g/mol. The SMILES string of the molecule is COc1cccc(COc2ccc3c(c2)OC[C@@]2(C)NCC[C@@H]32)c1. The highest BCUT2D eigenvalue weighted by molar-refractivity contribution is 5.46. The first-order valence-corrected chi connectivity index (χ1v) is 8.45. The fourth-order valence-corrected chi connectivity index (χ4v) is 3.77. The van der Waals surface area contributed by atoms with Crippen LogP contribution in [0, 0.1) is 0 Å². The van der Waals surface area contributed by atoms with E-state index in [1.807, 2.05) is 36.4 Å². The lowest BCUT2D eigenvalue weighted by molar-refractivity contribution is 0.169. The highest BCUT2D eigenvalue weighted by Gasteiger charge is 2.44. The molecule has 1 N–H and O–H groups in total. The fourth-order valence-electron chi connectivity index (χ4n) is 3.77. The molecule has 0 radical (unpaired) electrons. The van der Waals surface area contributed by atoms with Gasteiger partial charge in [0.25, 0.3) is 0 Å². The first kappa shape index (κ1) is 15.3. The number of nitrogens with one attached hydrogen (secondary N) is 1. The van der Waals surface area contributed by atoms with Gasteiger partial charge in [0.05, 0.1) is 12.6 Å². The van der Waals surface area contributed by atoms with Gasteiger partial charge in [0.2, 0.25) is 0 Å². The minimum atomic E-state index is 0.0654. The van der Waals surface area contributed by atoms with Crippen LogP contribution in [0.25, 0.3) is 0 Å². The number of hydrogen-bond acceptors (Lipinski definition) is 4. The van der Waals surface area contributed by atoms with Crippen LogP contribution in [0.5, 0.6) is 17.2 Å². The molecule has 0 bridgehead atoms. The molecule has 0 aromatic heterocycles. The lowest BCUT2D eigenvalue weighted by atomic mass is 9.80. The number of methoxy groups -OCH3 is 1. The molecular formula is C20H23NO3. The Balaban J connectivity index is 1.50. The standard InChI is InChI=1S/C20H23NO3/c1-20-13-24-19-11-16(6-7-17(19)18(20)8-9-21-20)23-12-14-4-3-5-15(10-14)22-2/h3-7,10-11,18,21H,8-9,12-13H2,1-2H3/t18-,20+/m0/s1. The van der Waals surface area contributed by atoms with Crippen molar-refractivity contribution < 1.29 is 14.2 Å². The van der Waals surface area contributed by atoms with Crippen LogP contribution >= 0.6 is 0 Å². The average molecular weight is 325 g/mol. The minimum absolute atomic E-state index is 0.0654. The third-order valence-corrected chi connectivity index (χ3v) is 5.16. The summed E-state index contributed by atoms with van der Waals surface area (Å²) >= 11 is 0. The van der Waals surface area contributed by atoms with Crippen molar-refractivity contribution in [2.75, 3.05) is 20.3 Å². The maximum Gasteiger partial charge on any atom is 0.126 e. The molecule has 2 aliphatic heterocycles. The van der Waals surface area contributed by atoms with E-state index in [-0.39, 0.29) is 5.54 Å². The molecule has 2 heterocycles. The molecule has 2 aromatic rings. The summed E-state index contributed by atoms with van der Waals surface area (Å²) in [6, 6.07) is 14.2. The summed E-state index contributed by atoms with van der Waals surface area (Å²) in [5, 5.41) is 3.58. The van der Waals surface area contributed by atoms with Gasteiger partial charge in [-0.05, 0) is 49.2 Å². The number of hydrogen-bond donors (Lipinski definition) is 1. The maximum absolute atomic E-state index is 6.01. The van der Waals surface area contributed by atoms with Gasteiger partial charge in [-0.2, -0.15) is 0 Å². The maximum atomic E-state index is 6.01. The first-order chi connectivity index (χ1) is 11.7. The van der Waals surface area contributed by atoms with Crippen LogP contribution in [-0.4, -0.2) is 25.8 Å². The van der Waals surface area contributed by atoms with E-state index in [4.69, 9.17) is 14.2 Å². The Morgan fingerprint density at radius 1 is 1.21 bits per heavy atom. The predicted molar refractivity (Wildman–Crippen MR) is 93.0 cm³/mol. The van der Waals surface area contributed by atoms with Gasteiger partial charge in [0, 0.05) is 12.0 Å². The minimum Gasteiger partial charge on any atom is -0.497 e. The Hall–Kier alpha value is -2.20. The number of rotatable bonds is 4. The lowest BCUT2D eigenvalue weighted by Gasteiger charge is -2.37. The van der Waals surface area contributed by atoms with E-state index in [1.165, 1.54) is 5.56 Å². The van der Waals surface area contributed by atoms with Crippen molar-refractivity contribution >= 4 is 0 Å². The Bertz CT molecular complexity index is 745. The lowest BCUT2D eigenvalue weighted by Crippen LogP contribution is -2.48. The second kappa shape index (κ2) is 6.02. The smallest absolute Gasteiger partial charge is 0.126 e. The number of ether oxygens (including phenoxy) is 3. The molecule has 4 heteroatoms. The topological polar surface area (TPSA) is 39.7 Å². The fraction of sp³-hybridized carbons (Fsp3) is 0.400. The van der Waals surface area contributed by atoms with Crippen molar-refractivity contribution in [1.29, 1.82) is 0 Å². The Morgan fingerprint density at radius 3 is 3.00 bits per heavy atom.